The smallest absolute Gasteiger partial charge is 0.0387 e. The van der Waals surface area contributed by atoms with Crippen LogP contribution in [0, 0.1) is 3.57 Å². The first kappa shape index (κ1) is 13.1. The molecular weight excluding hydrogens is 323 g/mol. The van der Waals surface area contributed by atoms with E-state index in [4.69, 9.17) is 0 Å². The fourth-order valence-corrected chi connectivity index (χ4v) is 2.86. The fraction of sp³-hybridized carbons (Fsp3) is 0.571. The van der Waals surface area contributed by atoms with Gasteiger partial charge in [0.15, 0.2) is 0 Å². The average Bonchev–Trinajstić information content (AvgIpc) is 2.33. The second kappa shape index (κ2) is 5.14. The first-order chi connectivity index (χ1) is 8.04. The first-order valence-electron chi connectivity index (χ1n) is 6.31. The van der Waals surface area contributed by atoms with Crippen LogP contribution in [0.15, 0.2) is 24.3 Å². The Morgan fingerprint density at radius 2 is 2.29 bits per heavy atom. The lowest BCUT2D eigenvalue weighted by molar-refractivity contribution is 0.285. The van der Waals surface area contributed by atoms with E-state index in [0.29, 0.717) is 6.04 Å². The topological polar surface area (TPSA) is 15.3 Å². The van der Waals surface area contributed by atoms with Crippen LogP contribution in [0.2, 0.25) is 0 Å². The van der Waals surface area contributed by atoms with Gasteiger partial charge in [0.1, 0.15) is 0 Å². The van der Waals surface area contributed by atoms with Crippen LogP contribution in [0.4, 0.5) is 5.69 Å². The molecule has 2 atom stereocenters. The van der Waals surface area contributed by atoms with Gasteiger partial charge in [-0.15, -0.1) is 0 Å². The van der Waals surface area contributed by atoms with Crippen LogP contribution in [0.25, 0.3) is 0 Å². The predicted octanol–water partition coefficient (Wildman–Crippen LogP) is 3.26. The molecule has 2 unspecified atom stereocenters. The monoisotopic (exact) mass is 344 g/mol. The number of halogens is 1. The summed E-state index contributed by atoms with van der Waals surface area (Å²) in [5, 5.41) is 3.67. The lowest BCUT2D eigenvalue weighted by Crippen LogP contribution is -2.62. The van der Waals surface area contributed by atoms with E-state index in [9.17, 15) is 0 Å². The zero-order valence-corrected chi connectivity index (χ0v) is 13.0. The van der Waals surface area contributed by atoms with E-state index in [2.05, 4.69) is 77.8 Å². The van der Waals surface area contributed by atoms with Gasteiger partial charge >= 0.3 is 0 Å². The van der Waals surface area contributed by atoms with E-state index in [1.807, 2.05) is 0 Å². The van der Waals surface area contributed by atoms with Gasteiger partial charge < -0.3 is 10.2 Å². The molecule has 0 spiro atoms. The maximum Gasteiger partial charge on any atom is 0.0387 e. The Hall–Kier alpha value is -0.290. The van der Waals surface area contributed by atoms with Crippen molar-refractivity contribution in [2.45, 2.75) is 38.8 Å². The minimum absolute atomic E-state index is 0.244. The minimum Gasteiger partial charge on any atom is -0.366 e. The van der Waals surface area contributed by atoms with Crippen molar-refractivity contribution in [3.05, 3.63) is 27.8 Å². The Balaban J connectivity index is 2.24. The zero-order valence-electron chi connectivity index (χ0n) is 10.8. The van der Waals surface area contributed by atoms with Gasteiger partial charge in [-0.1, -0.05) is 13.0 Å². The minimum atomic E-state index is 0.244. The molecular formula is C14H21IN2. The van der Waals surface area contributed by atoms with Crippen LogP contribution in [-0.2, 0) is 0 Å². The summed E-state index contributed by atoms with van der Waals surface area (Å²) in [4.78, 5) is 2.53. The van der Waals surface area contributed by atoms with Crippen molar-refractivity contribution < 1.29 is 0 Å². The van der Waals surface area contributed by atoms with Crippen molar-refractivity contribution in [3.8, 4) is 0 Å². The van der Waals surface area contributed by atoms with E-state index >= 15 is 0 Å². The van der Waals surface area contributed by atoms with Crippen molar-refractivity contribution in [1.82, 2.24) is 5.32 Å². The second-order valence-electron chi connectivity index (χ2n) is 5.25. The van der Waals surface area contributed by atoms with Crippen molar-refractivity contribution in [2.75, 3.05) is 18.0 Å². The van der Waals surface area contributed by atoms with Crippen LogP contribution in [-0.4, -0.2) is 24.7 Å². The maximum absolute atomic E-state index is 3.67. The van der Waals surface area contributed by atoms with Gasteiger partial charge in [0.25, 0.3) is 0 Å². The molecule has 0 saturated carbocycles. The number of hydrogen-bond donors (Lipinski definition) is 1. The normalized spacial score (nSPS) is 29.4. The molecule has 1 heterocycles. The highest BCUT2D eigenvalue weighted by molar-refractivity contribution is 14.1. The number of rotatable bonds is 2. The SMILES string of the molecule is CCC1(C)CN(c2cccc(I)c2)C(C)CN1. The third-order valence-electron chi connectivity index (χ3n) is 3.80. The number of anilines is 1. The van der Waals surface area contributed by atoms with Gasteiger partial charge in [0.05, 0.1) is 0 Å². The van der Waals surface area contributed by atoms with E-state index in [-0.39, 0.29) is 5.54 Å². The van der Waals surface area contributed by atoms with Crippen LogP contribution in [0.1, 0.15) is 27.2 Å². The Kier molecular flexibility index (Phi) is 3.98. The van der Waals surface area contributed by atoms with Gasteiger partial charge in [-0.2, -0.15) is 0 Å². The lowest BCUT2D eigenvalue weighted by atomic mass is 9.93. The van der Waals surface area contributed by atoms with E-state index in [1.165, 1.54) is 15.7 Å². The molecule has 1 saturated heterocycles. The lowest BCUT2D eigenvalue weighted by Gasteiger charge is -2.46. The summed E-state index contributed by atoms with van der Waals surface area (Å²) in [6, 6.07) is 9.36. The summed E-state index contributed by atoms with van der Waals surface area (Å²) >= 11 is 2.38. The molecule has 94 valence electrons. The Morgan fingerprint density at radius 1 is 1.53 bits per heavy atom. The van der Waals surface area contributed by atoms with Gasteiger partial charge in [-0.3, -0.25) is 0 Å². The molecule has 0 radical (unpaired) electrons. The summed E-state index contributed by atoms with van der Waals surface area (Å²) in [5.74, 6) is 0. The van der Waals surface area contributed by atoms with Crippen LogP contribution in [0.5, 0.6) is 0 Å². The average molecular weight is 344 g/mol. The van der Waals surface area contributed by atoms with Gasteiger partial charge in [-0.25, -0.2) is 0 Å². The number of piperazine rings is 1. The fourth-order valence-electron chi connectivity index (χ4n) is 2.33. The quantitative estimate of drug-likeness (QED) is 0.829. The van der Waals surface area contributed by atoms with Crippen LogP contribution in [0.3, 0.4) is 0 Å². The number of nitrogens with zero attached hydrogens (tertiary/aromatic N) is 1. The van der Waals surface area contributed by atoms with Gasteiger partial charge in [0, 0.05) is 33.9 Å². The molecule has 0 amide bonds. The Labute approximate surface area is 118 Å². The van der Waals surface area contributed by atoms with Crippen LogP contribution >= 0.6 is 22.6 Å². The summed E-state index contributed by atoms with van der Waals surface area (Å²) in [6.07, 6.45) is 1.17. The van der Waals surface area contributed by atoms with Crippen molar-refractivity contribution >= 4 is 28.3 Å². The molecule has 17 heavy (non-hydrogen) atoms. The van der Waals surface area contributed by atoms with E-state index < -0.39 is 0 Å². The molecule has 1 fully saturated rings. The first-order valence-corrected chi connectivity index (χ1v) is 7.39. The van der Waals surface area contributed by atoms with Gasteiger partial charge in [0.2, 0.25) is 0 Å². The Bertz CT molecular complexity index is 394. The molecule has 1 aliphatic heterocycles. The molecule has 2 nitrogen and oxygen atoms in total. The van der Waals surface area contributed by atoms with Crippen molar-refractivity contribution in [1.29, 1.82) is 0 Å². The van der Waals surface area contributed by atoms with Gasteiger partial charge in [-0.05, 0) is 61.1 Å². The maximum atomic E-state index is 3.67. The third-order valence-corrected chi connectivity index (χ3v) is 4.47. The summed E-state index contributed by atoms with van der Waals surface area (Å²) in [7, 11) is 0. The summed E-state index contributed by atoms with van der Waals surface area (Å²) in [6.45, 7) is 9.03. The second-order valence-corrected chi connectivity index (χ2v) is 6.50. The number of nitrogens with one attached hydrogen (secondary N) is 1. The zero-order chi connectivity index (χ0) is 12.5. The largest absolute Gasteiger partial charge is 0.366 e. The molecule has 3 heteroatoms. The van der Waals surface area contributed by atoms with Crippen LogP contribution < -0.4 is 10.2 Å². The summed E-state index contributed by atoms with van der Waals surface area (Å²) in [5.41, 5.74) is 1.60. The highest BCUT2D eigenvalue weighted by atomic mass is 127. The molecule has 0 bridgehead atoms. The highest BCUT2D eigenvalue weighted by Crippen LogP contribution is 2.26. The predicted molar refractivity (Wildman–Crippen MR) is 82.7 cm³/mol. The third kappa shape index (κ3) is 2.94. The molecule has 2 rings (SSSR count). The Morgan fingerprint density at radius 3 is 2.94 bits per heavy atom. The number of hydrogen-bond acceptors (Lipinski definition) is 2. The van der Waals surface area contributed by atoms with Crippen molar-refractivity contribution in [3.63, 3.8) is 0 Å². The molecule has 1 aliphatic rings. The molecule has 1 N–H and O–H groups in total. The molecule has 1 aromatic rings. The van der Waals surface area contributed by atoms with E-state index in [0.717, 1.165) is 13.1 Å². The molecule has 1 aromatic carbocycles. The molecule has 0 aromatic heterocycles. The standard InChI is InChI=1S/C14H21IN2/c1-4-14(3)10-17(11(2)9-16-14)13-7-5-6-12(15)8-13/h5-8,11,16H,4,9-10H2,1-3H3. The highest BCUT2D eigenvalue weighted by Gasteiger charge is 2.32. The van der Waals surface area contributed by atoms with E-state index in [1.54, 1.807) is 0 Å². The molecule has 0 aliphatic carbocycles. The number of benzene rings is 1. The van der Waals surface area contributed by atoms with Crippen molar-refractivity contribution in [2.24, 2.45) is 0 Å². The summed E-state index contributed by atoms with van der Waals surface area (Å²) < 4.78 is 1.31.